The van der Waals surface area contributed by atoms with Gasteiger partial charge < -0.3 is 14.8 Å². The number of para-hydroxylation sites is 1. The standard InChI is InChI=1S/C25H26N4O5/c1-4-26-25(32)27-24(31)17(2)34-22(30)15-12-19-16-29(20-8-6-5-7-9-20)28-23(19)18-10-13-21(33-3)14-11-18/h5-17H,4H2,1-3H3,(H2,26,27,31,32)/b15-12+. The molecule has 1 atom stereocenters. The highest BCUT2D eigenvalue weighted by Gasteiger charge is 2.19. The Balaban J connectivity index is 1.80. The van der Waals surface area contributed by atoms with Gasteiger partial charge in [0.25, 0.3) is 5.91 Å². The van der Waals surface area contributed by atoms with Gasteiger partial charge in [0.1, 0.15) is 5.75 Å². The summed E-state index contributed by atoms with van der Waals surface area (Å²) in [5.41, 5.74) is 3.01. The van der Waals surface area contributed by atoms with Crippen LogP contribution in [0, 0.1) is 0 Å². The molecule has 2 aromatic carbocycles. The average Bonchev–Trinajstić information content (AvgIpc) is 3.27. The molecule has 3 amide bonds. The van der Waals surface area contributed by atoms with E-state index in [1.165, 1.54) is 13.0 Å². The maximum atomic E-state index is 12.3. The summed E-state index contributed by atoms with van der Waals surface area (Å²) in [6.07, 6.45) is 3.44. The van der Waals surface area contributed by atoms with E-state index >= 15 is 0 Å². The summed E-state index contributed by atoms with van der Waals surface area (Å²) < 4.78 is 12.1. The Labute approximate surface area is 197 Å². The van der Waals surface area contributed by atoms with Crippen LogP contribution in [0.25, 0.3) is 23.0 Å². The third kappa shape index (κ3) is 6.32. The molecule has 176 valence electrons. The van der Waals surface area contributed by atoms with Crippen molar-refractivity contribution in [3.05, 3.63) is 72.4 Å². The normalized spacial score (nSPS) is 11.6. The zero-order valence-electron chi connectivity index (χ0n) is 19.1. The quantitative estimate of drug-likeness (QED) is 0.392. The van der Waals surface area contributed by atoms with Crippen LogP contribution < -0.4 is 15.4 Å². The number of carbonyl (C=O) groups excluding carboxylic acids is 3. The Morgan fingerprint density at radius 2 is 1.79 bits per heavy atom. The molecule has 0 aliphatic carbocycles. The maximum absolute atomic E-state index is 12.3. The molecule has 1 aromatic heterocycles. The van der Waals surface area contributed by atoms with E-state index in [4.69, 9.17) is 9.47 Å². The van der Waals surface area contributed by atoms with Crippen molar-refractivity contribution < 1.29 is 23.9 Å². The molecule has 1 heterocycles. The van der Waals surface area contributed by atoms with Gasteiger partial charge in [-0.2, -0.15) is 5.10 Å². The number of benzene rings is 2. The molecular weight excluding hydrogens is 436 g/mol. The van der Waals surface area contributed by atoms with E-state index in [2.05, 4.69) is 15.7 Å². The van der Waals surface area contributed by atoms with Crippen LogP contribution in [0.15, 0.2) is 66.9 Å². The summed E-state index contributed by atoms with van der Waals surface area (Å²) in [4.78, 5) is 35.8. The minimum absolute atomic E-state index is 0.364. The fourth-order valence-electron chi connectivity index (χ4n) is 3.04. The van der Waals surface area contributed by atoms with Crippen molar-refractivity contribution in [2.75, 3.05) is 13.7 Å². The van der Waals surface area contributed by atoms with Gasteiger partial charge in [-0.3, -0.25) is 10.1 Å². The molecule has 34 heavy (non-hydrogen) atoms. The molecule has 3 aromatic rings. The number of carbonyl (C=O) groups is 3. The number of urea groups is 1. The van der Waals surface area contributed by atoms with Crippen molar-refractivity contribution in [1.29, 1.82) is 0 Å². The Morgan fingerprint density at radius 1 is 1.09 bits per heavy atom. The van der Waals surface area contributed by atoms with Gasteiger partial charge in [0.2, 0.25) is 0 Å². The lowest BCUT2D eigenvalue weighted by Crippen LogP contribution is -2.44. The number of imide groups is 1. The Hall–Kier alpha value is -4.40. The van der Waals surface area contributed by atoms with Crippen LogP contribution in [0.5, 0.6) is 5.75 Å². The molecule has 3 rings (SSSR count). The monoisotopic (exact) mass is 462 g/mol. The summed E-state index contributed by atoms with van der Waals surface area (Å²) in [5.74, 6) is -0.734. The second-order valence-corrected chi connectivity index (χ2v) is 7.20. The number of aromatic nitrogens is 2. The van der Waals surface area contributed by atoms with Gasteiger partial charge in [-0.15, -0.1) is 0 Å². The van der Waals surface area contributed by atoms with Crippen molar-refractivity contribution >= 4 is 24.0 Å². The molecular formula is C25H26N4O5. The fraction of sp³-hybridized carbons (Fsp3) is 0.200. The number of nitrogens with one attached hydrogen (secondary N) is 2. The second-order valence-electron chi connectivity index (χ2n) is 7.20. The Kier molecular flexibility index (Phi) is 8.17. The first kappa shape index (κ1) is 24.2. The number of nitrogens with zero attached hydrogens (tertiary/aromatic N) is 2. The van der Waals surface area contributed by atoms with Crippen LogP contribution in [-0.4, -0.2) is 47.4 Å². The third-order valence-corrected chi connectivity index (χ3v) is 4.76. The molecule has 0 spiro atoms. The summed E-state index contributed by atoms with van der Waals surface area (Å²) in [5, 5.41) is 9.23. The van der Waals surface area contributed by atoms with Crippen LogP contribution in [0.3, 0.4) is 0 Å². The lowest BCUT2D eigenvalue weighted by atomic mass is 10.1. The topological polar surface area (TPSA) is 112 Å². The van der Waals surface area contributed by atoms with Gasteiger partial charge in [0.15, 0.2) is 6.10 Å². The molecule has 0 saturated carbocycles. The summed E-state index contributed by atoms with van der Waals surface area (Å²) in [7, 11) is 1.59. The van der Waals surface area contributed by atoms with E-state index in [1.54, 1.807) is 31.0 Å². The van der Waals surface area contributed by atoms with E-state index in [1.807, 2.05) is 54.6 Å². The highest BCUT2D eigenvalue weighted by molar-refractivity contribution is 5.98. The summed E-state index contributed by atoms with van der Waals surface area (Å²) in [6, 6.07) is 16.3. The molecule has 0 bridgehead atoms. The van der Waals surface area contributed by atoms with Gasteiger partial charge in [0, 0.05) is 29.9 Å². The average molecular weight is 463 g/mol. The SMILES string of the molecule is CCNC(=O)NC(=O)C(C)OC(=O)/C=C/c1cn(-c2ccccc2)nc1-c1ccc(OC)cc1. The predicted molar refractivity (Wildman–Crippen MR) is 127 cm³/mol. The number of hydrogen-bond acceptors (Lipinski definition) is 6. The zero-order chi connectivity index (χ0) is 24.5. The number of methoxy groups -OCH3 is 1. The molecule has 0 aliphatic heterocycles. The molecule has 9 nitrogen and oxygen atoms in total. The molecule has 1 unspecified atom stereocenters. The first-order valence-corrected chi connectivity index (χ1v) is 10.7. The van der Waals surface area contributed by atoms with Crippen LogP contribution in [0.1, 0.15) is 19.4 Å². The van der Waals surface area contributed by atoms with Crippen LogP contribution in [0.2, 0.25) is 0 Å². The van der Waals surface area contributed by atoms with Crippen molar-refractivity contribution in [2.45, 2.75) is 20.0 Å². The highest BCUT2D eigenvalue weighted by atomic mass is 16.5. The number of esters is 1. The number of ether oxygens (including phenoxy) is 2. The van der Waals surface area contributed by atoms with Gasteiger partial charge in [0.05, 0.1) is 18.5 Å². The van der Waals surface area contributed by atoms with Crippen LogP contribution in [0.4, 0.5) is 4.79 Å². The van der Waals surface area contributed by atoms with Gasteiger partial charge >= 0.3 is 12.0 Å². The van der Waals surface area contributed by atoms with E-state index < -0.39 is 24.0 Å². The zero-order valence-corrected chi connectivity index (χ0v) is 19.1. The van der Waals surface area contributed by atoms with Crippen LogP contribution >= 0.6 is 0 Å². The number of hydrogen-bond donors (Lipinski definition) is 2. The van der Waals surface area contributed by atoms with E-state index in [-0.39, 0.29) is 0 Å². The Morgan fingerprint density at radius 3 is 2.44 bits per heavy atom. The van der Waals surface area contributed by atoms with E-state index in [9.17, 15) is 14.4 Å². The number of amides is 3. The largest absolute Gasteiger partial charge is 0.497 e. The molecule has 0 saturated heterocycles. The summed E-state index contributed by atoms with van der Waals surface area (Å²) in [6.45, 7) is 3.47. The minimum atomic E-state index is -1.15. The number of rotatable bonds is 8. The summed E-state index contributed by atoms with van der Waals surface area (Å²) >= 11 is 0. The molecule has 0 fully saturated rings. The second kappa shape index (κ2) is 11.5. The Bertz CT molecular complexity index is 1170. The lowest BCUT2D eigenvalue weighted by molar-refractivity contribution is -0.149. The van der Waals surface area contributed by atoms with E-state index in [0.717, 1.165) is 11.3 Å². The van der Waals surface area contributed by atoms with Crippen molar-refractivity contribution in [1.82, 2.24) is 20.4 Å². The van der Waals surface area contributed by atoms with Crippen molar-refractivity contribution in [3.8, 4) is 22.7 Å². The smallest absolute Gasteiger partial charge is 0.331 e. The first-order valence-electron chi connectivity index (χ1n) is 10.7. The van der Waals surface area contributed by atoms with Crippen molar-refractivity contribution in [2.24, 2.45) is 0 Å². The fourth-order valence-corrected chi connectivity index (χ4v) is 3.04. The maximum Gasteiger partial charge on any atom is 0.331 e. The van der Waals surface area contributed by atoms with Crippen molar-refractivity contribution in [3.63, 3.8) is 0 Å². The highest BCUT2D eigenvalue weighted by Crippen LogP contribution is 2.26. The lowest BCUT2D eigenvalue weighted by Gasteiger charge is -2.11. The molecule has 9 heteroatoms. The third-order valence-electron chi connectivity index (χ3n) is 4.76. The predicted octanol–water partition coefficient (Wildman–Crippen LogP) is 3.34. The minimum Gasteiger partial charge on any atom is -0.497 e. The van der Waals surface area contributed by atoms with E-state index in [0.29, 0.717) is 23.6 Å². The first-order chi connectivity index (χ1) is 16.4. The van der Waals surface area contributed by atoms with Gasteiger partial charge in [-0.25, -0.2) is 14.3 Å². The van der Waals surface area contributed by atoms with Gasteiger partial charge in [-0.05, 0) is 56.3 Å². The van der Waals surface area contributed by atoms with Gasteiger partial charge in [-0.1, -0.05) is 18.2 Å². The molecule has 2 N–H and O–H groups in total. The molecule has 0 aliphatic rings. The van der Waals surface area contributed by atoms with Crippen LogP contribution in [-0.2, 0) is 14.3 Å². The molecule has 0 radical (unpaired) electrons.